The summed E-state index contributed by atoms with van der Waals surface area (Å²) < 4.78 is 42.0. The number of hydrogen-bond acceptors (Lipinski definition) is 5. The molecule has 1 aromatic heterocycles. The molecule has 0 spiro atoms. The quantitative estimate of drug-likeness (QED) is 0.925. The minimum absolute atomic E-state index is 0.0988. The standard InChI is InChI=1S/C11H7F3N4O/c12-11(13,14)8-1-2-9(7(3-8)4-15)16-5-10-17-6-19-18-10/h1-3,6,16H,5H2. The van der Waals surface area contributed by atoms with E-state index in [4.69, 9.17) is 5.26 Å². The molecule has 0 aliphatic heterocycles. The molecule has 0 unspecified atom stereocenters. The number of benzene rings is 1. The normalized spacial score (nSPS) is 11.1. The van der Waals surface area contributed by atoms with Gasteiger partial charge in [0.05, 0.1) is 23.4 Å². The van der Waals surface area contributed by atoms with Crippen LogP contribution in [0.2, 0.25) is 0 Å². The van der Waals surface area contributed by atoms with E-state index >= 15 is 0 Å². The Morgan fingerprint density at radius 3 is 2.74 bits per heavy atom. The van der Waals surface area contributed by atoms with Crippen LogP contribution in [0.4, 0.5) is 18.9 Å². The van der Waals surface area contributed by atoms with Crippen molar-refractivity contribution >= 4 is 5.69 Å². The van der Waals surface area contributed by atoms with Gasteiger partial charge in [0.15, 0.2) is 5.82 Å². The van der Waals surface area contributed by atoms with E-state index < -0.39 is 11.7 Å². The fourth-order valence-electron chi connectivity index (χ4n) is 1.41. The summed E-state index contributed by atoms with van der Waals surface area (Å²) in [6, 6.07) is 4.60. The molecular formula is C11H7F3N4O. The number of anilines is 1. The molecule has 8 heteroatoms. The first kappa shape index (κ1) is 12.9. The van der Waals surface area contributed by atoms with Gasteiger partial charge in [-0.1, -0.05) is 5.16 Å². The zero-order valence-corrected chi connectivity index (χ0v) is 9.40. The molecule has 1 aromatic carbocycles. The van der Waals surface area contributed by atoms with E-state index in [2.05, 4.69) is 20.0 Å². The van der Waals surface area contributed by atoms with Gasteiger partial charge in [0.2, 0.25) is 6.39 Å². The highest BCUT2D eigenvalue weighted by Crippen LogP contribution is 2.31. The average Bonchev–Trinajstić information content (AvgIpc) is 2.88. The summed E-state index contributed by atoms with van der Waals surface area (Å²) >= 11 is 0. The van der Waals surface area contributed by atoms with E-state index in [-0.39, 0.29) is 17.8 Å². The van der Waals surface area contributed by atoms with Gasteiger partial charge in [0, 0.05) is 0 Å². The number of nitrogens with one attached hydrogen (secondary N) is 1. The van der Waals surface area contributed by atoms with Crippen LogP contribution in [0, 0.1) is 11.3 Å². The van der Waals surface area contributed by atoms with Crippen LogP contribution in [-0.4, -0.2) is 10.1 Å². The molecule has 1 N–H and O–H groups in total. The van der Waals surface area contributed by atoms with Gasteiger partial charge >= 0.3 is 6.18 Å². The predicted molar refractivity (Wildman–Crippen MR) is 57.8 cm³/mol. The van der Waals surface area contributed by atoms with Crippen molar-refractivity contribution in [3.05, 3.63) is 41.5 Å². The molecule has 2 aromatic rings. The molecule has 0 saturated heterocycles. The Morgan fingerprint density at radius 2 is 2.16 bits per heavy atom. The highest BCUT2D eigenvalue weighted by Gasteiger charge is 2.31. The monoisotopic (exact) mass is 268 g/mol. The Balaban J connectivity index is 2.20. The van der Waals surface area contributed by atoms with E-state index in [1.54, 1.807) is 6.07 Å². The molecule has 5 nitrogen and oxygen atoms in total. The van der Waals surface area contributed by atoms with Gasteiger partial charge in [-0.3, -0.25) is 0 Å². The molecule has 0 aliphatic carbocycles. The van der Waals surface area contributed by atoms with E-state index in [0.717, 1.165) is 18.5 Å². The van der Waals surface area contributed by atoms with Gasteiger partial charge in [0.25, 0.3) is 0 Å². The van der Waals surface area contributed by atoms with Crippen molar-refractivity contribution in [2.24, 2.45) is 0 Å². The zero-order chi connectivity index (χ0) is 13.9. The van der Waals surface area contributed by atoms with Crippen LogP contribution in [0.25, 0.3) is 0 Å². The van der Waals surface area contributed by atoms with Gasteiger partial charge in [-0.15, -0.1) is 0 Å². The van der Waals surface area contributed by atoms with Crippen molar-refractivity contribution in [2.45, 2.75) is 12.7 Å². The highest BCUT2D eigenvalue weighted by molar-refractivity contribution is 5.58. The van der Waals surface area contributed by atoms with Crippen molar-refractivity contribution in [2.75, 3.05) is 5.32 Å². The third kappa shape index (κ3) is 3.01. The second-order valence-corrected chi connectivity index (χ2v) is 3.57. The molecule has 0 radical (unpaired) electrons. The summed E-state index contributed by atoms with van der Waals surface area (Å²) in [7, 11) is 0. The summed E-state index contributed by atoms with van der Waals surface area (Å²) in [6.07, 6.45) is -3.34. The van der Waals surface area contributed by atoms with Crippen molar-refractivity contribution in [3.63, 3.8) is 0 Å². The molecule has 0 aliphatic rings. The maximum absolute atomic E-state index is 12.5. The van der Waals surface area contributed by atoms with Crippen molar-refractivity contribution in [1.82, 2.24) is 10.1 Å². The fraction of sp³-hybridized carbons (Fsp3) is 0.182. The van der Waals surface area contributed by atoms with Gasteiger partial charge < -0.3 is 9.84 Å². The molecule has 0 saturated carbocycles. The smallest absolute Gasteiger partial charge is 0.377 e. The van der Waals surface area contributed by atoms with Crippen LogP contribution >= 0.6 is 0 Å². The lowest BCUT2D eigenvalue weighted by Crippen LogP contribution is -2.07. The Hall–Kier alpha value is -2.56. The van der Waals surface area contributed by atoms with E-state index in [1.165, 1.54) is 6.07 Å². The minimum Gasteiger partial charge on any atom is -0.377 e. The van der Waals surface area contributed by atoms with E-state index in [0.29, 0.717) is 5.82 Å². The summed E-state index contributed by atoms with van der Waals surface area (Å²) in [4.78, 5) is 3.74. The molecule has 0 atom stereocenters. The second-order valence-electron chi connectivity index (χ2n) is 3.57. The Kier molecular flexibility index (Phi) is 3.37. The fourth-order valence-corrected chi connectivity index (χ4v) is 1.41. The number of aromatic nitrogens is 2. The van der Waals surface area contributed by atoms with Gasteiger partial charge in [-0.2, -0.15) is 23.4 Å². The number of nitriles is 1. The summed E-state index contributed by atoms with van der Waals surface area (Å²) in [6.45, 7) is 0.149. The van der Waals surface area contributed by atoms with Crippen LogP contribution in [0.5, 0.6) is 0 Å². The lowest BCUT2D eigenvalue weighted by atomic mass is 10.1. The first-order valence-electron chi connectivity index (χ1n) is 5.11. The second kappa shape index (κ2) is 4.97. The Labute approximate surface area is 105 Å². The molecule has 0 fully saturated rings. The van der Waals surface area contributed by atoms with Gasteiger partial charge in [-0.25, -0.2) is 0 Å². The van der Waals surface area contributed by atoms with Crippen LogP contribution in [-0.2, 0) is 12.7 Å². The maximum Gasteiger partial charge on any atom is 0.416 e. The summed E-state index contributed by atoms with van der Waals surface area (Å²) in [5, 5.41) is 15.2. The van der Waals surface area contributed by atoms with Crippen LogP contribution in [0.1, 0.15) is 17.0 Å². The van der Waals surface area contributed by atoms with Gasteiger partial charge in [-0.05, 0) is 18.2 Å². The van der Waals surface area contributed by atoms with Crippen LogP contribution in [0.3, 0.4) is 0 Å². The molecule has 0 amide bonds. The molecular weight excluding hydrogens is 261 g/mol. The molecule has 0 bridgehead atoms. The molecule has 2 rings (SSSR count). The highest BCUT2D eigenvalue weighted by atomic mass is 19.4. The molecule has 1 heterocycles. The third-order valence-electron chi connectivity index (χ3n) is 2.31. The van der Waals surface area contributed by atoms with Crippen molar-refractivity contribution in [1.29, 1.82) is 5.26 Å². The Morgan fingerprint density at radius 1 is 1.37 bits per heavy atom. The third-order valence-corrected chi connectivity index (χ3v) is 2.31. The van der Waals surface area contributed by atoms with Crippen molar-refractivity contribution < 1.29 is 17.7 Å². The number of alkyl halides is 3. The topological polar surface area (TPSA) is 74.7 Å². The SMILES string of the molecule is N#Cc1cc(C(F)(F)F)ccc1NCc1ncon1. The number of halogens is 3. The molecule has 19 heavy (non-hydrogen) atoms. The Bertz CT molecular complexity index is 601. The van der Waals surface area contributed by atoms with Crippen LogP contribution < -0.4 is 5.32 Å². The predicted octanol–water partition coefficient (Wildman–Crippen LogP) is 2.57. The van der Waals surface area contributed by atoms with Gasteiger partial charge in [0.1, 0.15) is 6.07 Å². The van der Waals surface area contributed by atoms with E-state index in [1.807, 2.05) is 0 Å². The van der Waals surface area contributed by atoms with Crippen molar-refractivity contribution in [3.8, 4) is 6.07 Å². The summed E-state index contributed by atoms with van der Waals surface area (Å²) in [5.41, 5.74) is -0.687. The zero-order valence-electron chi connectivity index (χ0n) is 9.40. The maximum atomic E-state index is 12.5. The average molecular weight is 268 g/mol. The number of nitrogens with zero attached hydrogens (tertiary/aromatic N) is 3. The van der Waals surface area contributed by atoms with E-state index in [9.17, 15) is 13.2 Å². The lowest BCUT2D eigenvalue weighted by Gasteiger charge is -2.10. The lowest BCUT2D eigenvalue weighted by molar-refractivity contribution is -0.137. The largest absolute Gasteiger partial charge is 0.416 e. The number of hydrogen-bond donors (Lipinski definition) is 1. The minimum atomic E-state index is -4.47. The van der Waals surface area contributed by atoms with Crippen LogP contribution in [0.15, 0.2) is 29.1 Å². The first-order valence-corrected chi connectivity index (χ1v) is 5.11. The number of rotatable bonds is 3. The first-order chi connectivity index (χ1) is 9.00. The summed E-state index contributed by atoms with van der Waals surface area (Å²) in [5.74, 6) is 0.337. The molecule has 98 valence electrons.